The van der Waals surface area contributed by atoms with Gasteiger partial charge in [0.2, 0.25) is 0 Å². The van der Waals surface area contributed by atoms with Gasteiger partial charge in [0.15, 0.2) is 28.1 Å². The Morgan fingerprint density at radius 2 is 2.10 bits per heavy atom. The standard InChI is InChI=1S/C24H28FN5O7S.CH2O2/c1-38(33,34)5-4-35-17-8-15-6-14(7-18(15)19(25)9-17)10-26-3-2-16-12-30(24(32)37-16)20-11-27-23-22(28-20)29-21(31)13-36-23;2-1-3/h8-9,11,14,16,26H,2-7,10,12-13H2,1H3,(H,28,29,31);1H,(H,2,3). The lowest BCUT2D eigenvalue weighted by Crippen LogP contribution is -2.30. The largest absolute Gasteiger partial charge is 0.492 e. The minimum atomic E-state index is -3.15. The summed E-state index contributed by atoms with van der Waals surface area (Å²) in [6.07, 6.45) is 3.51. The van der Waals surface area contributed by atoms with E-state index in [9.17, 15) is 22.4 Å². The van der Waals surface area contributed by atoms with Gasteiger partial charge in [-0.3, -0.25) is 14.5 Å². The van der Waals surface area contributed by atoms with Gasteiger partial charge in [0.1, 0.15) is 24.3 Å². The fourth-order valence-electron chi connectivity index (χ4n) is 4.70. The summed E-state index contributed by atoms with van der Waals surface area (Å²) in [6.45, 7) is 1.16. The van der Waals surface area contributed by atoms with Gasteiger partial charge in [0.25, 0.3) is 18.3 Å². The van der Waals surface area contributed by atoms with Gasteiger partial charge in [-0.25, -0.2) is 27.6 Å². The minimum Gasteiger partial charge on any atom is -0.492 e. The molecule has 2 amide bonds. The maximum atomic E-state index is 14.6. The molecule has 1 fully saturated rings. The predicted octanol–water partition coefficient (Wildman–Crippen LogP) is 0.791. The molecule has 0 spiro atoms. The molecule has 41 heavy (non-hydrogen) atoms. The summed E-state index contributed by atoms with van der Waals surface area (Å²) in [6, 6.07) is 3.10. The number of sulfone groups is 1. The molecule has 2 aliphatic heterocycles. The number of hydrogen-bond donors (Lipinski definition) is 3. The van der Waals surface area contributed by atoms with Gasteiger partial charge >= 0.3 is 6.09 Å². The lowest BCUT2D eigenvalue weighted by Gasteiger charge is -2.18. The topological polar surface area (TPSA) is 186 Å². The fourth-order valence-corrected chi connectivity index (χ4v) is 5.09. The van der Waals surface area contributed by atoms with E-state index in [-0.39, 0.29) is 66.7 Å². The van der Waals surface area contributed by atoms with Crippen LogP contribution in [0.1, 0.15) is 17.5 Å². The molecule has 2 aromatic rings. The molecule has 16 heteroatoms. The third-order valence-corrected chi connectivity index (χ3v) is 7.44. The number of aromatic nitrogens is 2. The third kappa shape index (κ3) is 8.00. The molecule has 1 saturated heterocycles. The number of halogens is 1. The number of fused-ring (bicyclic) bond motifs is 2. The van der Waals surface area contributed by atoms with E-state index in [0.717, 1.165) is 11.8 Å². The molecule has 3 N–H and O–H groups in total. The second kappa shape index (κ2) is 13.1. The van der Waals surface area contributed by atoms with Gasteiger partial charge < -0.3 is 30.0 Å². The summed E-state index contributed by atoms with van der Waals surface area (Å²) in [5.41, 5.74) is 1.54. The van der Waals surface area contributed by atoms with Crippen molar-refractivity contribution in [1.29, 1.82) is 0 Å². The van der Waals surface area contributed by atoms with E-state index in [1.807, 2.05) is 0 Å². The first-order chi connectivity index (χ1) is 19.6. The number of rotatable bonds is 10. The van der Waals surface area contributed by atoms with Crippen LogP contribution < -0.4 is 25.0 Å². The highest BCUT2D eigenvalue weighted by Gasteiger charge is 2.34. The molecule has 2 atom stereocenters. The zero-order chi connectivity index (χ0) is 29.6. The second-order valence-corrected chi connectivity index (χ2v) is 12.0. The number of amides is 2. The Morgan fingerprint density at radius 3 is 2.85 bits per heavy atom. The molecule has 0 bridgehead atoms. The molecule has 1 aromatic heterocycles. The molecule has 1 aliphatic carbocycles. The van der Waals surface area contributed by atoms with Crippen LogP contribution in [0.15, 0.2) is 18.3 Å². The molecule has 3 heterocycles. The molecule has 14 nitrogen and oxygen atoms in total. The van der Waals surface area contributed by atoms with Crippen molar-refractivity contribution in [3.8, 4) is 11.6 Å². The fraction of sp³-hybridized carbons (Fsp3) is 0.480. The SMILES string of the molecule is CS(=O)(=O)CCOc1cc(F)c2c(c1)CC(CNCCC1CN(c3cnc4c(n3)NC(=O)CO4)C(=O)O1)C2.O=CO. The van der Waals surface area contributed by atoms with Gasteiger partial charge in [-0.2, -0.15) is 0 Å². The van der Waals surface area contributed by atoms with E-state index < -0.39 is 15.9 Å². The molecule has 5 rings (SSSR count). The van der Waals surface area contributed by atoms with Crippen molar-refractivity contribution in [2.45, 2.75) is 25.4 Å². The van der Waals surface area contributed by atoms with E-state index in [1.165, 1.54) is 17.2 Å². The number of cyclic esters (lactones) is 1. The number of ether oxygens (including phenoxy) is 3. The number of hydrogen-bond acceptors (Lipinski definition) is 11. The number of benzene rings is 1. The summed E-state index contributed by atoms with van der Waals surface area (Å²) in [7, 11) is -3.15. The first-order valence-electron chi connectivity index (χ1n) is 12.7. The molecule has 2 unspecified atom stereocenters. The van der Waals surface area contributed by atoms with E-state index in [0.29, 0.717) is 50.2 Å². The first kappa shape index (κ1) is 29.9. The lowest BCUT2D eigenvalue weighted by atomic mass is 10.1. The Kier molecular flexibility index (Phi) is 9.54. The number of anilines is 2. The number of nitrogens with one attached hydrogen (secondary N) is 2. The van der Waals surface area contributed by atoms with E-state index in [2.05, 4.69) is 20.6 Å². The average Bonchev–Trinajstić information content (AvgIpc) is 3.49. The zero-order valence-electron chi connectivity index (χ0n) is 22.2. The van der Waals surface area contributed by atoms with Crippen LogP contribution in [-0.2, 0) is 37.0 Å². The summed E-state index contributed by atoms with van der Waals surface area (Å²) in [5, 5.41) is 12.8. The van der Waals surface area contributed by atoms with Crippen LogP contribution in [0.2, 0.25) is 0 Å². The molecule has 222 valence electrons. The van der Waals surface area contributed by atoms with Crippen molar-refractivity contribution < 1.29 is 46.5 Å². The van der Waals surface area contributed by atoms with Gasteiger partial charge in [-0.1, -0.05) is 0 Å². The molecule has 0 radical (unpaired) electrons. The Bertz CT molecular complexity index is 1410. The maximum absolute atomic E-state index is 14.6. The normalized spacial score (nSPS) is 19.2. The van der Waals surface area contributed by atoms with Crippen LogP contribution in [0.5, 0.6) is 11.6 Å². The highest BCUT2D eigenvalue weighted by molar-refractivity contribution is 7.90. The monoisotopic (exact) mass is 595 g/mol. The summed E-state index contributed by atoms with van der Waals surface area (Å²) >= 11 is 0. The van der Waals surface area contributed by atoms with Crippen LogP contribution in [0.4, 0.5) is 20.8 Å². The van der Waals surface area contributed by atoms with Crippen LogP contribution in [0.3, 0.4) is 0 Å². The first-order valence-corrected chi connectivity index (χ1v) is 14.8. The third-order valence-electron chi connectivity index (χ3n) is 6.54. The van der Waals surface area contributed by atoms with E-state index in [1.54, 1.807) is 6.07 Å². The van der Waals surface area contributed by atoms with Gasteiger partial charge in [0.05, 0.1) is 18.5 Å². The molecule has 1 aromatic carbocycles. The molecular weight excluding hydrogens is 565 g/mol. The van der Waals surface area contributed by atoms with Crippen molar-refractivity contribution in [3.63, 3.8) is 0 Å². The van der Waals surface area contributed by atoms with Crippen molar-refractivity contribution in [1.82, 2.24) is 15.3 Å². The Morgan fingerprint density at radius 1 is 1.32 bits per heavy atom. The van der Waals surface area contributed by atoms with Crippen LogP contribution in [0, 0.1) is 11.7 Å². The summed E-state index contributed by atoms with van der Waals surface area (Å²) < 4.78 is 53.2. The number of carbonyl (C=O) groups excluding carboxylic acids is 2. The van der Waals surface area contributed by atoms with Gasteiger partial charge in [-0.05, 0) is 55.5 Å². The molecular formula is C25H30FN5O9S. The Balaban J connectivity index is 0.00000124. The summed E-state index contributed by atoms with van der Waals surface area (Å²) in [4.78, 5) is 42.0. The number of carbonyl (C=O) groups is 3. The van der Waals surface area contributed by atoms with E-state index >= 15 is 0 Å². The van der Waals surface area contributed by atoms with Crippen LogP contribution >= 0.6 is 0 Å². The minimum absolute atomic E-state index is 0.0186. The van der Waals surface area contributed by atoms with E-state index in [4.69, 9.17) is 24.1 Å². The smallest absolute Gasteiger partial charge is 0.415 e. The highest BCUT2D eigenvalue weighted by atomic mass is 32.2. The predicted molar refractivity (Wildman–Crippen MR) is 142 cm³/mol. The van der Waals surface area contributed by atoms with Crippen molar-refractivity contribution in [3.05, 3.63) is 35.3 Å². The van der Waals surface area contributed by atoms with Crippen LogP contribution in [0.25, 0.3) is 0 Å². The van der Waals surface area contributed by atoms with Crippen LogP contribution in [-0.4, -0.2) is 92.9 Å². The quantitative estimate of drug-likeness (QED) is 0.259. The Hall–Kier alpha value is -4.05. The molecule has 0 saturated carbocycles. The second-order valence-electron chi connectivity index (χ2n) is 9.73. The summed E-state index contributed by atoms with van der Waals surface area (Å²) in [5.74, 6) is 0.364. The maximum Gasteiger partial charge on any atom is 0.415 e. The molecule has 3 aliphatic rings. The number of nitrogens with zero attached hydrogens (tertiary/aromatic N) is 3. The average molecular weight is 596 g/mol. The van der Waals surface area contributed by atoms with Crippen molar-refractivity contribution in [2.24, 2.45) is 5.92 Å². The lowest BCUT2D eigenvalue weighted by molar-refractivity contribution is -0.123. The van der Waals surface area contributed by atoms with Crippen molar-refractivity contribution >= 4 is 39.9 Å². The van der Waals surface area contributed by atoms with Gasteiger partial charge in [0, 0.05) is 12.3 Å². The van der Waals surface area contributed by atoms with Gasteiger partial charge in [-0.15, -0.1) is 0 Å². The Labute approximate surface area is 235 Å². The van der Waals surface area contributed by atoms with Crippen molar-refractivity contribution in [2.75, 3.05) is 55.1 Å². The number of carboxylic acid groups (broad SMARTS) is 1. The highest BCUT2D eigenvalue weighted by Crippen LogP contribution is 2.32. The zero-order valence-corrected chi connectivity index (χ0v) is 23.0.